The van der Waals surface area contributed by atoms with Gasteiger partial charge in [0, 0.05) is 11.8 Å². The molecule has 4 heteroatoms. The molecule has 0 bridgehead atoms. The van der Waals surface area contributed by atoms with E-state index in [4.69, 9.17) is 0 Å². The van der Waals surface area contributed by atoms with Crippen molar-refractivity contribution in [1.29, 1.82) is 0 Å². The lowest BCUT2D eigenvalue weighted by molar-refractivity contribution is -0.111. The minimum Gasteiger partial charge on any atom is -0.465 e. The molecule has 0 fully saturated rings. The summed E-state index contributed by atoms with van der Waals surface area (Å²) in [5, 5.41) is 2.79. The Labute approximate surface area is 129 Å². The van der Waals surface area contributed by atoms with Gasteiger partial charge in [0.25, 0.3) is 0 Å². The zero-order valence-electron chi connectivity index (χ0n) is 12.5. The van der Waals surface area contributed by atoms with Crippen LogP contribution in [0.15, 0.2) is 54.6 Å². The molecule has 1 N–H and O–H groups in total. The second-order valence-electron chi connectivity index (χ2n) is 4.81. The van der Waals surface area contributed by atoms with Crippen LogP contribution in [0.2, 0.25) is 0 Å². The zero-order valence-corrected chi connectivity index (χ0v) is 12.5. The van der Waals surface area contributed by atoms with E-state index in [9.17, 15) is 9.59 Å². The first-order chi connectivity index (χ1) is 10.6. The maximum atomic E-state index is 11.8. The van der Waals surface area contributed by atoms with E-state index in [-0.39, 0.29) is 11.9 Å². The number of carbonyl (C=O) groups excluding carboxylic acids is 2. The first-order valence-corrected chi connectivity index (χ1v) is 6.82. The standard InChI is InChI=1S/C18H17NO3/c1-13-4-3-5-16(12-13)19-17(20)11-8-14-6-9-15(10-7-14)18(21)22-2/h3-12H,1-2H3,(H,19,20)/b11-8+. The maximum Gasteiger partial charge on any atom is 0.337 e. The number of methoxy groups -OCH3 is 1. The summed E-state index contributed by atoms with van der Waals surface area (Å²) in [6.07, 6.45) is 3.14. The highest BCUT2D eigenvalue weighted by Gasteiger charge is 2.03. The highest BCUT2D eigenvalue weighted by molar-refractivity contribution is 6.02. The largest absolute Gasteiger partial charge is 0.465 e. The van der Waals surface area contributed by atoms with Gasteiger partial charge in [-0.15, -0.1) is 0 Å². The highest BCUT2D eigenvalue weighted by Crippen LogP contribution is 2.10. The third-order valence-corrected chi connectivity index (χ3v) is 3.04. The maximum absolute atomic E-state index is 11.8. The molecule has 2 rings (SSSR count). The van der Waals surface area contributed by atoms with Crippen LogP contribution < -0.4 is 5.32 Å². The number of aryl methyl sites for hydroxylation is 1. The Bertz CT molecular complexity index is 703. The van der Waals surface area contributed by atoms with Gasteiger partial charge < -0.3 is 10.1 Å². The second kappa shape index (κ2) is 7.22. The minimum atomic E-state index is -0.382. The molecule has 0 aliphatic carbocycles. The fraction of sp³-hybridized carbons (Fsp3) is 0.111. The van der Waals surface area contributed by atoms with E-state index in [0.29, 0.717) is 5.56 Å². The van der Waals surface area contributed by atoms with E-state index in [1.165, 1.54) is 13.2 Å². The van der Waals surface area contributed by atoms with Crippen LogP contribution in [0, 0.1) is 6.92 Å². The summed E-state index contributed by atoms with van der Waals surface area (Å²) in [5.74, 6) is -0.588. The van der Waals surface area contributed by atoms with E-state index < -0.39 is 0 Å². The zero-order chi connectivity index (χ0) is 15.9. The molecule has 4 nitrogen and oxygen atoms in total. The van der Waals surface area contributed by atoms with Gasteiger partial charge in [0.2, 0.25) is 5.91 Å². The third kappa shape index (κ3) is 4.31. The predicted molar refractivity (Wildman–Crippen MR) is 86.6 cm³/mol. The van der Waals surface area contributed by atoms with Crippen molar-refractivity contribution in [3.63, 3.8) is 0 Å². The molecular formula is C18H17NO3. The molecule has 1 amide bonds. The molecule has 0 aliphatic heterocycles. The first kappa shape index (κ1) is 15.5. The van der Waals surface area contributed by atoms with Crippen molar-refractivity contribution in [3.8, 4) is 0 Å². The molecule has 0 aliphatic rings. The summed E-state index contributed by atoms with van der Waals surface area (Å²) in [7, 11) is 1.34. The minimum absolute atomic E-state index is 0.206. The number of ether oxygens (including phenoxy) is 1. The average molecular weight is 295 g/mol. The molecule has 0 radical (unpaired) electrons. The fourth-order valence-corrected chi connectivity index (χ4v) is 1.93. The quantitative estimate of drug-likeness (QED) is 0.694. The van der Waals surface area contributed by atoms with Gasteiger partial charge in [-0.1, -0.05) is 24.3 Å². The number of anilines is 1. The van der Waals surface area contributed by atoms with Gasteiger partial charge in [-0.25, -0.2) is 4.79 Å². The Morgan fingerprint density at radius 3 is 2.45 bits per heavy atom. The molecule has 0 atom stereocenters. The molecule has 0 saturated carbocycles. The van der Waals surface area contributed by atoms with Crippen LogP contribution in [0.3, 0.4) is 0 Å². The van der Waals surface area contributed by atoms with Crippen molar-refractivity contribution in [3.05, 3.63) is 71.3 Å². The van der Waals surface area contributed by atoms with E-state index in [1.54, 1.807) is 30.3 Å². The normalized spacial score (nSPS) is 10.5. The predicted octanol–water partition coefficient (Wildman–Crippen LogP) is 3.43. The molecule has 22 heavy (non-hydrogen) atoms. The van der Waals surface area contributed by atoms with Crippen LogP contribution in [0.5, 0.6) is 0 Å². The summed E-state index contributed by atoms with van der Waals surface area (Å²) >= 11 is 0. The van der Waals surface area contributed by atoms with E-state index in [1.807, 2.05) is 31.2 Å². The van der Waals surface area contributed by atoms with Crippen LogP contribution in [0.25, 0.3) is 6.08 Å². The summed E-state index contributed by atoms with van der Waals surface area (Å²) in [6.45, 7) is 1.97. The number of nitrogens with one attached hydrogen (secondary N) is 1. The Morgan fingerprint density at radius 2 is 1.82 bits per heavy atom. The Balaban J connectivity index is 1.99. The third-order valence-electron chi connectivity index (χ3n) is 3.04. The van der Waals surface area contributed by atoms with E-state index >= 15 is 0 Å². The number of benzene rings is 2. The van der Waals surface area contributed by atoms with Crippen molar-refractivity contribution in [2.24, 2.45) is 0 Å². The van der Waals surface area contributed by atoms with E-state index in [2.05, 4.69) is 10.1 Å². The van der Waals surface area contributed by atoms with Crippen LogP contribution in [0.1, 0.15) is 21.5 Å². The van der Waals surface area contributed by atoms with Crippen LogP contribution in [-0.2, 0) is 9.53 Å². The highest BCUT2D eigenvalue weighted by atomic mass is 16.5. The summed E-state index contributed by atoms with van der Waals surface area (Å²) in [5.41, 5.74) is 3.15. The molecular weight excluding hydrogens is 278 g/mol. The molecule has 0 heterocycles. The number of hydrogen-bond acceptors (Lipinski definition) is 3. The molecule has 2 aromatic rings. The number of carbonyl (C=O) groups is 2. The second-order valence-corrected chi connectivity index (χ2v) is 4.81. The molecule has 0 saturated heterocycles. The number of esters is 1. The average Bonchev–Trinajstić information content (AvgIpc) is 2.52. The van der Waals surface area contributed by atoms with E-state index in [0.717, 1.165) is 16.8 Å². The fourth-order valence-electron chi connectivity index (χ4n) is 1.93. The SMILES string of the molecule is COC(=O)c1ccc(/C=C/C(=O)Nc2cccc(C)c2)cc1. The smallest absolute Gasteiger partial charge is 0.337 e. The molecule has 2 aromatic carbocycles. The van der Waals surface area contributed by atoms with Gasteiger partial charge in [0.05, 0.1) is 12.7 Å². The lowest BCUT2D eigenvalue weighted by atomic mass is 10.1. The van der Waals surface area contributed by atoms with Crippen molar-refractivity contribution in [1.82, 2.24) is 0 Å². The lowest BCUT2D eigenvalue weighted by Gasteiger charge is -2.03. The number of hydrogen-bond donors (Lipinski definition) is 1. The van der Waals surface area contributed by atoms with Gasteiger partial charge in [-0.2, -0.15) is 0 Å². The van der Waals surface area contributed by atoms with Gasteiger partial charge in [-0.3, -0.25) is 4.79 Å². The monoisotopic (exact) mass is 295 g/mol. The van der Waals surface area contributed by atoms with Gasteiger partial charge in [-0.05, 0) is 48.4 Å². The first-order valence-electron chi connectivity index (χ1n) is 6.82. The van der Waals surface area contributed by atoms with Crippen LogP contribution in [-0.4, -0.2) is 19.0 Å². The van der Waals surface area contributed by atoms with Crippen molar-refractivity contribution < 1.29 is 14.3 Å². The van der Waals surface area contributed by atoms with Gasteiger partial charge in [0.1, 0.15) is 0 Å². The van der Waals surface area contributed by atoms with Crippen LogP contribution >= 0.6 is 0 Å². The summed E-state index contributed by atoms with van der Waals surface area (Å²) in [4.78, 5) is 23.2. The molecule has 0 aromatic heterocycles. The number of rotatable bonds is 4. The molecule has 112 valence electrons. The Kier molecular flexibility index (Phi) is 5.09. The molecule has 0 unspecified atom stereocenters. The van der Waals surface area contributed by atoms with Crippen molar-refractivity contribution >= 4 is 23.6 Å². The number of amides is 1. The van der Waals surface area contributed by atoms with Gasteiger partial charge in [0.15, 0.2) is 0 Å². The van der Waals surface area contributed by atoms with Crippen molar-refractivity contribution in [2.45, 2.75) is 6.92 Å². The summed E-state index contributed by atoms with van der Waals surface area (Å²) < 4.78 is 4.63. The Morgan fingerprint density at radius 1 is 1.09 bits per heavy atom. The summed E-state index contributed by atoms with van der Waals surface area (Å²) in [6, 6.07) is 14.4. The Hall–Kier alpha value is -2.88. The van der Waals surface area contributed by atoms with Crippen LogP contribution in [0.4, 0.5) is 5.69 Å². The van der Waals surface area contributed by atoms with Crippen molar-refractivity contribution in [2.75, 3.05) is 12.4 Å². The lowest BCUT2D eigenvalue weighted by Crippen LogP contribution is -2.07. The topological polar surface area (TPSA) is 55.4 Å². The van der Waals surface area contributed by atoms with Gasteiger partial charge >= 0.3 is 5.97 Å². The molecule has 0 spiro atoms.